The highest BCUT2D eigenvalue weighted by Crippen LogP contribution is 2.25. The lowest BCUT2D eigenvalue weighted by molar-refractivity contribution is -0.137. The quantitative estimate of drug-likeness (QED) is 0.668. The lowest BCUT2D eigenvalue weighted by atomic mass is 10.3. The molecular weight excluding hydrogens is 334 g/mol. The van der Waals surface area contributed by atoms with Gasteiger partial charge in [-0.3, -0.25) is 9.36 Å². The number of aromatic nitrogens is 2. The van der Waals surface area contributed by atoms with E-state index in [0.29, 0.717) is 10.8 Å². The van der Waals surface area contributed by atoms with E-state index in [1.807, 2.05) is 5.32 Å². The third-order valence-corrected chi connectivity index (χ3v) is 3.89. The van der Waals surface area contributed by atoms with Crippen molar-refractivity contribution < 1.29 is 22.4 Å². The number of hydrogen-bond acceptors (Lipinski definition) is 3. The minimum atomic E-state index is -4.46. The van der Waals surface area contributed by atoms with Crippen LogP contribution < -0.4 is 5.32 Å². The molecule has 0 bridgehead atoms. The molecule has 1 aromatic heterocycles. The molecule has 23 heavy (non-hydrogen) atoms. The molecule has 0 saturated heterocycles. The molecule has 0 saturated carbocycles. The van der Waals surface area contributed by atoms with E-state index in [0.717, 1.165) is 11.8 Å². The van der Waals surface area contributed by atoms with E-state index in [9.17, 15) is 22.4 Å². The third kappa shape index (κ3) is 4.98. The van der Waals surface area contributed by atoms with Crippen molar-refractivity contribution in [2.45, 2.75) is 23.5 Å². The molecule has 2 aromatic rings. The second-order valence-electron chi connectivity index (χ2n) is 4.65. The smallest absolute Gasteiger partial charge is 0.346 e. The molecule has 1 aromatic carbocycles. The van der Waals surface area contributed by atoms with E-state index < -0.39 is 29.7 Å². The van der Waals surface area contributed by atoms with Crippen molar-refractivity contribution in [2.24, 2.45) is 0 Å². The number of imidazole rings is 1. The number of thioether (sulfide) groups is 1. The molecule has 2 rings (SSSR count). The maximum atomic E-state index is 13.3. The fraction of sp³-hybridized carbons (Fsp3) is 0.286. The molecule has 1 heterocycles. The minimum Gasteiger partial charge on any atom is -0.346 e. The van der Waals surface area contributed by atoms with Gasteiger partial charge in [0.25, 0.3) is 0 Å². The number of alkyl halides is 3. The Morgan fingerprint density at radius 3 is 2.83 bits per heavy atom. The van der Waals surface area contributed by atoms with Gasteiger partial charge in [-0.1, -0.05) is 17.8 Å². The Morgan fingerprint density at radius 1 is 1.43 bits per heavy atom. The van der Waals surface area contributed by atoms with Gasteiger partial charge in [-0.25, -0.2) is 9.37 Å². The maximum Gasteiger partial charge on any atom is 0.405 e. The molecule has 1 amide bonds. The molecule has 9 heteroatoms. The Bertz CT molecular complexity index is 687. The van der Waals surface area contributed by atoms with Crippen LogP contribution in [0.2, 0.25) is 0 Å². The van der Waals surface area contributed by atoms with E-state index >= 15 is 0 Å². The van der Waals surface area contributed by atoms with Gasteiger partial charge < -0.3 is 5.32 Å². The Balaban J connectivity index is 2.06. The largest absolute Gasteiger partial charge is 0.405 e. The second-order valence-corrected chi connectivity index (χ2v) is 5.96. The highest BCUT2D eigenvalue weighted by Gasteiger charge is 2.29. The Morgan fingerprint density at radius 2 is 2.17 bits per heavy atom. The topological polar surface area (TPSA) is 46.9 Å². The standard InChI is InChI=1S/C14H13F4N3OS/c1-9(12(22)20-8-14(16,17)18)23-13-19-5-6-21(13)11-4-2-3-10(15)7-11/h2-7,9H,8H2,1H3,(H,20,22). The predicted octanol–water partition coefficient (Wildman–Crippen LogP) is 3.17. The van der Waals surface area contributed by atoms with Crippen LogP contribution in [-0.2, 0) is 4.79 Å². The van der Waals surface area contributed by atoms with Gasteiger partial charge in [-0.15, -0.1) is 0 Å². The number of hydrogen-bond donors (Lipinski definition) is 1. The Labute approximate surface area is 133 Å². The van der Waals surface area contributed by atoms with Crippen molar-refractivity contribution in [3.05, 3.63) is 42.5 Å². The summed E-state index contributed by atoms with van der Waals surface area (Å²) >= 11 is 0.986. The first-order valence-electron chi connectivity index (χ1n) is 6.56. The van der Waals surface area contributed by atoms with Gasteiger partial charge >= 0.3 is 6.18 Å². The second kappa shape index (κ2) is 7.03. The molecule has 4 nitrogen and oxygen atoms in total. The molecular formula is C14H13F4N3OS. The first kappa shape index (κ1) is 17.3. The van der Waals surface area contributed by atoms with Crippen molar-refractivity contribution in [1.82, 2.24) is 14.9 Å². The fourth-order valence-electron chi connectivity index (χ4n) is 1.74. The van der Waals surface area contributed by atoms with Gasteiger partial charge in [0.1, 0.15) is 12.4 Å². The van der Waals surface area contributed by atoms with Crippen molar-refractivity contribution >= 4 is 17.7 Å². The monoisotopic (exact) mass is 347 g/mol. The van der Waals surface area contributed by atoms with E-state index in [1.165, 1.54) is 31.3 Å². The number of carbonyl (C=O) groups excluding carboxylic acids is 1. The zero-order chi connectivity index (χ0) is 17.0. The van der Waals surface area contributed by atoms with Gasteiger partial charge in [0, 0.05) is 12.4 Å². The number of nitrogens with one attached hydrogen (secondary N) is 1. The summed E-state index contributed by atoms with van der Waals surface area (Å²) in [5.74, 6) is -1.18. The van der Waals surface area contributed by atoms with Gasteiger partial charge in [-0.2, -0.15) is 13.2 Å². The molecule has 0 aliphatic heterocycles. The normalized spacial score (nSPS) is 12.9. The summed E-state index contributed by atoms with van der Waals surface area (Å²) in [5.41, 5.74) is 0.507. The molecule has 1 atom stereocenters. The first-order chi connectivity index (χ1) is 10.8. The van der Waals surface area contributed by atoms with E-state index in [4.69, 9.17) is 0 Å². The summed E-state index contributed by atoms with van der Waals surface area (Å²) in [6.07, 6.45) is -1.41. The predicted molar refractivity (Wildman–Crippen MR) is 77.9 cm³/mol. The van der Waals surface area contributed by atoms with Crippen LogP contribution in [0.3, 0.4) is 0 Å². The summed E-state index contributed by atoms with van der Waals surface area (Å²) in [7, 11) is 0. The van der Waals surface area contributed by atoms with Crippen LogP contribution in [-0.4, -0.2) is 33.4 Å². The number of rotatable bonds is 5. The average molecular weight is 347 g/mol. The lowest BCUT2D eigenvalue weighted by Gasteiger charge is -2.14. The van der Waals surface area contributed by atoms with Gasteiger partial charge in [0.05, 0.1) is 10.9 Å². The van der Waals surface area contributed by atoms with Gasteiger partial charge in [-0.05, 0) is 25.1 Å². The summed E-state index contributed by atoms with van der Waals surface area (Å²) in [6.45, 7) is 0.0933. The molecule has 0 spiro atoms. The van der Waals surface area contributed by atoms with Crippen LogP contribution in [0.5, 0.6) is 0 Å². The Kier molecular flexibility index (Phi) is 5.30. The van der Waals surface area contributed by atoms with Gasteiger partial charge in [0.2, 0.25) is 5.91 Å². The van der Waals surface area contributed by atoms with Crippen molar-refractivity contribution in [3.8, 4) is 5.69 Å². The van der Waals surface area contributed by atoms with Crippen LogP contribution >= 0.6 is 11.8 Å². The Hall–Kier alpha value is -2.03. The number of amides is 1. The number of nitrogens with zero attached hydrogens (tertiary/aromatic N) is 2. The molecule has 1 unspecified atom stereocenters. The number of carbonyl (C=O) groups is 1. The molecule has 0 aliphatic carbocycles. The van der Waals surface area contributed by atoms with E-state index in [1.54, 1.807) is 16.8 Å². The van der Waals surface area contributed by atoms with E-state index in [2.05, 4.69) is 4.98 Å². The summed E-state index contributed by atoms with van der Waals surface area (Å²) < 4.78 is 51.2. The zero-order valence-electron chi connectivity index (χ0n) is 12.0. The van der Waals surface area contributed by atoms with E-state index in [-0.39, 0.29) is 0 Å². The average Bonchev–Trinajstić information content (AvgIpc) is 2.92. The molecule has 0 radical (unpaired) electrons. The lowest BCUT2D eigenvalue weighted by Crippen LogP contribution is -2.38. The van der Waals surface area contributed by atoms with Crippen molar-refractivity contribution in [2.75, 3.05) is 6.54 Å². The van der Waals surface area contributed by atoms with Crippen LogP contribution in [0.4, 0.5) is 17.6 Å². The van der Waals surface area contributed by atoms with Crippen molar-refractivity contribution in [3.63, 3.8) is 0 Å². The molecule has 0 aliphatic rings. The molecule has 124 valence electrons. The molecule has 1 N–H and O–H groups in total. The first-order valence-corrected chi connectivity index (χ1v) is 7.44. The van der Waals surface area contributed by atoms with Crippen LogP contribution in [0, 0.1) is 5.82 Å². The summed E-state index contributed by atoms with van der Waals surface area (Å²) in [5, 5.41) is 1.42. The maximum absolute atomic E-state index is 13.3. The highest BCUT2D eigenvalue weighted by atomic mass is 32.2. The summed E-state index contributed by atoms with van der Waals surface area (Å²) in [6, 6.07) is 5.77. The SMILES string of the molecule is CC(Sc1nccn1-c1cccc(F)c1)C(=O)NCC(F)(F)F. The number of benzene rings is 1. The fourth-order valence-corrected chi connectivity index (χ4v) is 2.65. The number of halogens is 4. The van der Waals surface area contributed by atoms with Crippen LogP contribution in [0.15, 0.2) is 41.8 Å². The minimum absolute atomic E-state index is 0.380. The third-order valence-electron chi connectivity index (χ3n) is 2.81. The highest BCUT2D eigenvalue weighted by molar-refractivity contribution is 8.00. The zero-order valence-corrected chi connectivity index (χ0v) is 12.8. The van der Waals surface area contributed by atoms with Crippen LogP contribution in [0.25, 0.3) is 5.69 Å². The van der Waals surface area contributed by atoms with Gasteiger partial charge in [0.15, 0.2) is 5.16 Å². The molecule has 0 fully saturated rings. The summed E-state index contributed by atoms with van der Waals surface area (Å²) in [4.78, 5) is 15.7. The van der Waals surface area contributed by atoms with Crippen LogP contribution in [0.1, 0.15) is 6.92 Å². The van der Waals surface area contributed by atoms with Crippen molar-refractivity contribution in [1.29, 1.82) is 0 Å².